The number of halogens is 2. The standard InChI is InChI=1S/C14H17F2N3O3/c1-9-10(22-8-17-9)11(20)19-6-13(5-14(15,16)7-19)3-4-18(2)12(13)21/h8H,3-7H2,1-2H3/t13-/m1/s1. The number of aromatic nitrogens is 1. The van der Waals surface area contributed by atoms with Gasteiger partial charge in [-0.15, -0.1) is 0 Å². The first-order chi connectivity index (χ1) is 10.2. The summed E-state index contributed by atoms with van der Waals surface area (Å²) in [7, 11) is 1.59. The first-order valence-corrected chi connectivity index (χ1v) is 7.07. The Hall–Kier alpha value is -1.99. The molecule has 2 amide bonds. The van der Waals surface area contributed by atoms with E-state index in [1.165, 1.54) is 4.90 Å². The molecule has 1 aromatic heterocycles. The van der Waals surface area contributed by atoms with Crippen molar-refractivity contribution in [2.24, 2.45) is 5.41 Å². The van der Waals surface area contributed by atoms with Crippen molar-refractivity contribution < 1.29 is 22.8 Å². The van der Waals surface area contributed by atoms with Crippen molar-refractivity contribution in [3.8, 4) is 0 Å². The number of hydrogen-bond donors (Lipinski definition) is 0. The van der Waals surface area contributed by atoms with E-state index in [9.17, 15) is 18.4 Å². The van der Waals surface area contributed by atoms with Gasteiger partial charge in [0.2, 0.25) is 11.7 Å². The van der Waals surface area contributed by atoms with Crippen molar-refractivity contribution in [2.45, 2.75) is 25.7 Å². The minimum Gasteiger partial charge on any atom is -0.438 e. The second-order valence-corrected chi connectivity index (χ2v) is 6.22. The summed E-state index contributed by atoms with van der Waals surface area (Å²) in [6, 6.07) is 0. The summed E-state index contributed by atoms with van der Waals surface area (Å²) >= 11 is 0. The van der Waals surface area contributed by atoms with E-state index < -0.39 is 30.2 Å². The first-order valence-electron chi connectivity index (χ1n) is 7.07. The zero-order chi connectivity index (χ0) is 16.1. The van der Waals surface area contributed by atoms with Gasteiger partial charge in [-0.2, -0.15) is 0 Å². The molecule has 2 fully saturated rings. The van der Waals surface area contributed by atoms with Gasteiger partial charge in [-0.1, -0.05) is 0 Å². The Morgan fingerprint density at radius 3 is 2.68 bits per heavy atom. The molecule has 1 spiro atoms. The SMILES string of the molecule is Cc1ncoc1C(=O)N1CC(F)(F)C[C@]2(CCN(C)C2=O)C1. The van der Waals surface area contributed by atoms with E-state index in [0.29, 0.717) is 18.7 Å². The van der Waals surface area contributed by atoms with Crippen LogP contribution in [0.1, 0.15) is 29.1 Å². The topological polar surface area (TPSA) is 66.7 Å². The van der Waals surface area contributed by atoms with Gasteiger partial charge in [0.05, 0.1) is 17.7 Å². The zero-order valence-electron chi connectivity index (χ0n) is 12.4. The van der Waals surface area contributed by atoms with Crippen LogP contribution in [0.5, 0.6) is 0 Å². The van der Waals surface area contributed by atoms with Gasteiger partial charge in [0, 0.05) is 26.6 Å². The van der Waals surface area contributed by atoms with Gasteiger partial charge < -0.3 is 14.2 Å². The summed E-state index contributed by atoms with van der Waals surface area (Å²) in [5.41, 5.74) is -0.845. The van der Waals surface area contributed by atoms with Crippen molar-refractivity contribution in [2.75, 3.05) is 26.7 Å². The van der Waals surface area contributed by atoms with Crippen LogP contribution in [-0.4, -0.2) is 59.2 Å². The maximum atomic E-state index is 14.1. The van der Waals surface area contributed by atoms with Crippen LogP contribution in [0.2, 0.25) is 0 Å². The quantitative estimate of drug-likeness (QED) is 0.784. The third kappa shape index (κ3) is 2.26. The number of rotatable bonds is 1. The molecule has 0 N–H and O–H groups in total. The van der Waals surface area contributed by atoms with Crippen molar-refractivity contribution >= 4 is 11.8 Å². The fourth-order valence-corrected chi connectivity index (χ4v) is 3.41. The number of likely N-dealkylation sites (tertiary alicyclic amines) is 2. The Morgan fingerprint density at radius 2 is 2.14 bits per heavy atom. The third-order valence-electron chi connectivity index (χ3n) is 4.47. The van der Waals surface area contributed by atoms with Crippen LogP contribution in [0, 0.1) is 12.3 Å². The van der Waals surface area contributed by atoms with E-state index in [1.807, 2.05) is 0 Å². The van der Waals surface area contributed by atoms with Crippen LogP contribution in [0.15, 0.2) is 10.8 Å². The highest BCUT2D eigenvalue weighted by molar-refractivity contribution is 5.93. The Balaban J connectivity index is 1.91. The van der Waals surface area contributed by atoms with Gasteiger partial charge in [0.25, 0.3) is 11.8 Å². The van der Waals surface area contributed by atoms with Gasteiger partial charge in [-0.05, 0) is 13.3 Å². The minimum atomic E-state index is -3.09. The molecule has 1 aromatic rings. The molecule has 3 rings (SSSR count). The van der Waals surface area contributed by atoms with Crippen LogP contribution in [0.3, 0.4) is 0 Å². The van der Waals surface area contributed by atoms with Crippen LogP contribution >= 0.6 is 0 Å². The summed E-state index contributed by atoms with van der Waals surface area (Å²) in [5.74, 6) is -4.11. The molecule has 3 heterocycles. The Kier molecular flexibility index (Phi) is 3.23. The lowest BCUT2D eigenvalue weighted by molar-refractivity contribution is -0.150. The molecule has 2 aliphatic heterocycles. The van der Waals surface area contributed by atoms with Crippen LogP contribution in [0.4, 0.5) is 8.78 Å². The van der Waals surface area contributed by atoms with Gasteiger partial charge in [0.1, 0.15) is 0 Å². The number of nitrogens with zero attached hydrogens (tertiary/aromatic N) is 3. The molecule has 1 atom stereocenters. The molecule has 0 radical (unpaired) electrons. The number of alkyl halides is 2. The molecule has 2 saturated heterocycles. The van der Waals surface area contributed by atoms with E-state index >= 15 is 0 Å². The lowest BCUT2D eigenvalue weighted by Gasteiger charge is -2.42. The predicted molar refractivity (Wildman–Crippen MR) is 71.4 cm³/mol. The van der Waals surface area contributed by atoms with Gasteiger partial charge in [0.15, 0.2) is 6.39 Å². The van der Waals surface area contributed by atoms with Gasteiger partial charge in [-0.25, -0.2) is 13.8 Å². The van der Waals surface area contributed by atoms with Crippen molar-refractivity contribution in [1.82, 2.24) is 14.8 Å². The van der Waals surface area contributed by atoms with E-state index in [2.05, 4.69) is 4.98 Å². The van der Waals surface area contributed by atoms with Crippen LogP contribution < -0.4 is 0 Å². The Bertz CT molecular complexity index is 631. The molecule has 6 nitrogen and oxygen atoms in total. The van der Waals surface area contributed by atoms with Gasteiger partial charge in [-0.3, -0.25) is 9.59 Å². The summed E-state index contributed by atoms with van der Waals surface area (Å²) < 4.78 is 33.3. The third-order valence-corrected chi connectivity index (χ3v) is 4.47. The highest BCUT2D eigenvalue weighted by Crippen LogP contribution is 2.45. The molecule has 8 heteroatoms. The van der Waals surface area contributed by atoms with Crippen LogP contribution in [-0.2, 0) is 4.79 Å². The number of carbonyl (C=O) groups excluding carboxylic acids is 2. The molecule has 0 saturated carbocycles. The number of aryl methyl sites for hydroxylation is 1. The number of carbonyl (C=O) groups is 2. The summed E-state index contributed by atoms with van der Waals surface area (Å²) in [6.45, 7) is 1.29. The lowest BCUT2D eigenvalue weighted by atomic mass is 9.77. The van der Waals surface area contributed by atoms with E-state index in [4.69, 9.17) is 4.42 Å². The van der Waals surface area contributed by atoms with Crippen molar-refractivity contribution in [3.63, 3.8) is 0 Å². The zero-order valence-corrected chi connectivity index (χ0v) is 12.4. The molecule has 0 bridgehead atoms. The van der Waals surface area contributed by atoms with Crippen molar-refractivity contribution in [3.05, 3.63) is 17.8 Å². The largest absolute Gasteiger partial charge is 0.438 e. The number of piperidine rings is 1. The number of hydrogen-bond acceptors (Lipinski definition) is 4. The number of amides is 2. The monoisotopic (exact) mass is 313 g/mol. The number of oxazole rings is 1. The minimum absolute atomic E-state index is 0.00919. The summed E-state index contributed by atoms with van der Waals surface area (Å²) in [4.78, 5) is 31.0. The second kappa shape index (κ2) is 4.76. The Morgan fingerprint density at radius 1 is 1.41 bits per heavy atom. The molecule has 0 unspecified atom stereocenters. The average Bonchev–Trinajstić information content (AvgIpc) is 2.96. The molecular weight excluding hydrogens is 296 g/mol. The highest BCUT2D eigenvalue weighted by Gasteiger charge is 2.57. The summed E-state index contributed by atoms with van der Waals surface area (Å²) in [6.07, 6.45) is 0.925. The maximum Gasteiger partial charge on any atom is 0.291 e. The van der Waals surface area contributed by atoms with E-state index in [1.54, 1.807) is 14.0 Å². The highest BCUT2D eigenvalue weighted by atomic mass is 19.3. The molecule has 2 aliphatic rings. The summed E-state index contributed by atoms with van der Waals surface area (Å²) in [5, 5.41) is 0. The predicted octanol–water partition coefficient (Wildman–Crippen LogP) is 1.31. The lowest BCUT2D eigenvalue weighted by Crippen LogP contribution is -2.57. The molecular formula is C14H17F2N3O3. The van der Waals surface area contributed by atoms with E-state index in [0.717, 1.165) is 11.3 Å². The normalized spacial score (nSPS) is 27.7. The Labute approximate surface area is 126 Å². The average molecular weight is 313 g/mol. The fraction of sp³-hybridized carbons (Fsp3) is 0.643. The van der Waals surface area contributed by atoms with Crippen LogP contribution in [0.25, 0.3) is 0 Å². The molecule has 120 valence electrons. The first kappa shape index (κ1) is 14.9. The smallest absolute Gasteiger partial charge is 0.291 e. The van der Waals surface area contributed by atoms with Crippen molar-refractivity contribution in [1.29, 1.82) is 0 Å². The van der Waals surface area contributed by atoms with E-state index in [-0.39, 0.29) is 18.2 Å². The molecule has 22 heavy (non-hydrogen) atoms. The fourth-order valence-electron chi connectivity index (χ4n) is 3.41. The maximum absolute atomic E-state index is 14.1. The van der Waals surface area contributed by atoms with Gasteiger partial charge >= 0.3 is 0 Å². The molecule has 0 aromatic carbocycles. The second-order valence-electron chi connectivity index (χ2n) is 6.22. The molecule has 0 aliphatic carbocycles.